The molecule has 1 aromatic heterocycles. The van der Waals surface area contributed by atoms with E-state index in [9.17, 15) is 8.42 Å². The minimum Gasteiger partial charge on any atom is -0.382 e. The van der Waals surface area contributed by atoms with Gasteiger partial charge < -0.3 is 10.6 Å². The molecule has 0 unspecified atom stereocenters. The van der Waals surface area contributed by atoms with Gasteiger partial charge in [0.15, 0.2) is 15.7 Å². The van der Waals surface area contributed by atoms with Crippen molar-refractivity contribution < 1.29 is 8.42 Å². The van der Waals surface area contributed by atoms with Crippen molar-refractivity contribution >= 4 is 32.2 Å². The zero-order valence-electron chi connectivity index (χ0n) is 11.6. The third-order valence-electron chi connectivity index (χ3n) is 3.90. The normalized spacial score (nSPS) is 21.4. The van der Waals surface area contributed by atoms with Crippen LogP contribution in [0.4, 0.5) is 10.8 Å². The number of rotatable bonds is 4. The number of nitrogen functional groups attached to an aromatic ring is 1. The molecule has 2 N–H and O–H groups in total. The zero-order chi connectivity index (χ0) is 14.3. The van der Waals surface area contributed by atoms with Gasteiger partial charge in [0.05, 0.1) is 0 Å². The van der Waals surface area contributed by atoms with Gasteiger partial charge in [-0.1, -0.05) is 0 Å². The molecule has 0 amide bonds. The zero-order valence-corrected chi connectivity index (χ0v) is 13.2. The molecule has 0 atom stereocenters. The topological polar surface area (TPSA) is 79.5 Å². The van der Waals surface area contributed by atoms with E-state index in [0.29, 0.717) is 5.00 Å². The maximum atomic E-state index is 11.8. The van der Waals surface area contributed by atoms with Crippen molar-refractivity contribution in [3.05, 3.63) is 0 Å². The molecule has 3 rings (SSSR count). The van der Waals surface area contributed by atoms with Gasteiger partial charge in [-0.05, 0) is 30.3 Å². The Hall–Kier alpha value is -0.860. The Morgan fingerprint density at radius 3 is 2.50 bits per heavy atom. The lowest BCUT2D eigenvalue weighted by Crippen LogP contribution is -2.47. The molecule has 1 saturated heterocycles. The number of nitrogens with zero attached hydrogens (tertiary/aromatic N) is 3. The van der Waals surface area contributed by atoms with Gasteiger partial charge in [0.1, 0.15) is 9.90 Å². The molecule has 20 heavy (non-hydrogen) atoms. The van der Waals surface area contributed by atoms with E-state index < -0.39 is 9.84 Å². The van der Waals surface area contributed by atoms with Gasteiger partial charge in [0.2, 0.25) is 0 Å². The Kier molecular flexibility index (Phi) is 3.64. The second-order valence-electron chi connectivity index (χ2n) is 5.71. The van der Waals surface area contributed by atoms with E-state index >= 15 is 0 Å². The van der Waals surface area contributed by atoms with E-state index in [0.717, 1.165) is 32.1 Å². The largest absolute Gasteiger partial charge is 0.382 e. The third kappa shape index (κ3) is 2.91. The molecule has 0 aromatic carbocycles. The highest BCUT2D eigenvalue weighted by Gasteiger charge is 2.30. The summed E-state index contributed by atoms with van der Waals surface area (Å²) in [6, 6.07) is 0. The van der Waals surface area contributed by atoms with Crippen molar-refractivity contribution in [2.75, 3.05) is 49.6 Å². The Morgan fingerprint density at radius 1 is 1.30 bits per heavy atom. The fraction of sp³-hybridized carbons (Fsp3) is 0.750. The van der Waals surface area contributed by atoms with Crippen LogP contribution in [0.2, 0.25) is 0 Å². The van der Waals surface area contributed by atoms with Gasteiger partial charge in [-0.25, -0.2) is 8.42 Å². The number of hydrogen-bond donors (Lipinski definition) is 1. The lowest BCUT2D eigenvalue weighted by atomic mass is 10.3. The molecular weight excluding hydrogens is 296 g/mol. The van der Waals surface area contributed by atoms with Crippen LogP contribution in [0.15, 0.2) is 4.90 Å². The molecule has 112 valence electrons. The molecule has 2 aliphatic rings. The van der Waals surface area contributed by atoms with Crippen LogP contribution in [-0.4, -0.2) is 56.7 Å². The van der Waals surface area contributed by atoms with E-state index in [-0.39, 0.29) is 10.7 Å². The van der Waals surface area contributed by atoms with Crippen molar-refractivity contribution in [2.45, 2.75) is 17.7 Å². The molecule has 6 nitrogen and oxygen atoms in total. The average Bonchev–Trinajstić information content (AvgIpc) is 3.09. The van der Waals surface area contributed by atoms with E-state index in [4.69, 9.17) is 5.73 Å². The first kappa shape index (κ1) is 14.1. The molecule has 1 aliphatic heterocycles. The molecule has 1 aliphatic carbocycles. The highest BCUT2D eigenvalue weighted by molar-refractivity contribution is 7.91. The third-order valence-corrected chi connectivity index (χ3v) is 6.10. The Labute approximate surface area is 123 Å². The van der Waals surface area contributed by atoms with Crippen LogP contribution in [0, 0.1) is 5.92 Å². The van der Waals surface area contributed by atoms with Crippen molar-refractivity contribution in [3.63, 3.8) is 0 Å². The van der Waals surface area contributed by atoms with Crippen LogP contribution in [-0.2, 0) is 9.84 Å². The van der Waals surface area contributed by atoms with Crippen LogP contribution in [0.3, 0.4) is 0 Å². The van der Waals surface area contributed by atoms with Gasteiger partial charge in [0, 0.05) is 39.0 Å². The lowest BCUT2D eigenvalue weighted by molar-refractivity contribution is 0.248. The van der Waals surface area contributed by atoms with E-state index in [2.05, 4.69) is 14.2 Å². The average molecular weight is 316 g/mol. The minimum atomic E-state index is -3.33. The Bertz CT molecular complexity index is 587. The number of nitrogens with two attached hydrogens (primary N) is 1. The molecule has 8 heteroatoms. The smallest absolute Gasteiger partial charge is 0.182 e. The predicted octanol–water partition coefficient (Wildman–Crippen LogP) is 0.661. The summed E-state index contributed by atoms with van der Waals surface area (Å²) in [5.74, 6) is 1.03. The molecule has 1 aromatic rings. The fourth-order valence-electron chi connectivity index (χ4n) is 2.63. The van der Waals surface area contributed by atoms with Crippen molar-refractivity contribution in [1.29, 1.82) is 0 Å². The fourth-order valence-corrected chi connectivity index (χ4v) is 4.89. The van der Waals surface area contributed by atoms with Gasteiger partial charge in [0.25, 0.3) is 0 Å². The number of hydrogen-bond acceptors (Lipinski definition) is 7. The van der Waals surface area contributed by atoms with Crippen LogP contribution >= 0.6 is 11.5 Å². The van der Waals surface area contributed by atoms with Crippen molar-refractivity contribution in [3.8, 4) is 0 Å². The number of piperazine rings is 1. The Balaban J connectivity index is 1.71. The SMILES string of the molecule is CS(=O)(=O)c1c(N)nsc1N1CCN(CC2CC2)CC1. The molecule has 0 radical (unpaired) electrons. The minimum absolute atomic E-state index is 0.132. The maximum absolute atomic E-state index is 11.8. The summed E-state index contributed by atoms with van der Waals surface area (Å²) < 4.78 is 27.7. The summed E-state index contributed by atoms with van der Waals surface area (Å²) in [4.78, 5) is 4.78. The lowest BCUT2D eigenvalue weighted by Gasteiger charge is -2.35. The summed E-state index contributed by atoms with van der Waals surface area (Å²) in [5.41, 5.74) is 5.72. The first-order chi connectivity index (χ1) is 9.45. The second kappa shape index (κ2) is 5.16. The van der Waals surface area contributed by atoms with Gasteiger partial charge in [-0.15, -0.1) is 0 Å². The summed E-state index contributed by atoms with van der Waals surface area (Å²) in [7, 11) is -3.33. The predicted molar refractivity (Wildman–Crippen MR) is 81.0 cm³/mol. The number of aromatic nitrogens is 1. The monoisotopic (exact) mass is 316 g/mol. The Morgan fingerprint density at radius 2 is 1.95 bits per heavy atom. The van der Waals surface area contributed by atoms with Crippen LogP contribution in [0.1, 0.15) is 12.8 Å². The second-order valence-corrected chi connectivity index (χ2v) is 8.41. The van der Waals surface area contributed by atoms with Crippen molar-refractivity contribution in [1.82, 2.24) is 9.27 Å². The van der Waals surface area contributed by atoms with Gasteiger partial charge in [-0.3, -0.25) is 4.90 Å². The van der Waals surface area contributed by atoms with Gasteiger partial charge in [-0.2, -0.15) is 4.37 Å². The molecule has 2 heterocycles. The molecule has 0 bridgehead atoms. The molecule has 1 saturated carbocycles. The summed E-state index contributed by atoms with van der Waals surface area (Å²) in [5, 5.41) is 0.705. The highest BCUT2D eigenvalue weighted by Crippen LogP contribution is 2.35. The summed E-state index contributed by atoms with van der Waals surface area (Å²) in [6.45, 7) is 4.85. The quantitative estimate of drug-likeness (QED) is 0.879. The maximum Gasteiger partial charge on any atom is 0.182 e. The van der Waals surface area contributed by atoms with Crippen molar-refractivity contribution in [2.24, 2.45) is 5.92 Å². The summed E-state index contributed by atoms with van der Waals surface area (Å²) in [6.07, 6.45) is 3.92. The van der Waals surface area contributed by atoms with Crippen LogP contribution < -0.4 is 10.6 Å². The van der Waals surface area contributed by atoms with E-state index in [1.54, 1.807) is 0 Å². The first-order valence-corrected chi connectivity index (χ1v) is 9.54. The number of sulfone groups is 1. The summed E-state index contributed by atoms with van der Waals surface area (Å²) >= 11 is 1.19. The van der Waals surface area contributed by atoms with E-state index in [1.807, 2.05) is 0 Å². The highest BCUT2D eigenvalue weighted by atomic mass is 32.2. The molecular formula is C12H20N4O2S2. The number of anilines is 2. The van der Waals surface area contributed by atoms with E-state index in [1.165, 1.54) is 37.2 Å². The molecule has 2 fully saturated rings. The first-order valence-electron chi connectivity index (χ1n) is 6.87. The van der Waals surface area contributed by atoms with Crippen LogP contribution in [0.5, 0.6) is 0 Å². The standard InChI is InChI=1S/C12H20N4O2S2/c1-20(17,18)10-11(13)14-19-12(10)16-6-4-15(5-7-16)8-9-2-3-9/h9H,2-8H2,1H3,(H2,13,14). The van der Waals surface area contributed by atoms with Crippen LogP contribution in [0.25, 0.3) is 0 Å². The van der Waals surface area contributed by atoms with Gasteiger partial charge >= 0.3 is 0 Å². The molecule has 0 spiro atoms.